The number of rotatable bonds is 11. The Bertz CT molecular complexity index is 324. The Balaban J connectivity index is 4.03. The maximum Gasteiger partial charge on any atom is 0.472 e. The lowest BCUT2D eigenvalue weighted by atomic mass is 10.3. The minimum absolute atomic E-state index is 0.0673. The fraction of sp³-hybridized carbons (Fsp3) is 0.917. The lowest BCUT2D eigenvalue weighted by molar-refractivity contribution is -0.923. The summed E-state index contributed by atoms with van der Waals surface area (Å²) in [5.41, 5.74) is 0. The average molecular weight is 312 g/mol. The Kier molecular flexibility index (Phi) is 9.25. The van der Waals surface area contributed by atoms with Gasteiger partial charge in [0.25, 0.3) is 0 Å². The SMILES string of the molecule is CC[N+](CC)(CC)CCOP(=O)(O)OCCOC(C)=O. The molecule has 0 bridgehead atoms. The van der Waals surface area contributed by atoms with Crippen LogP contribution in [-0.4, -0.2) is 61.3 Å². The van der Waals surface area contributed by atoms with Crippen molar-refractivity contribution in [3.8, 4) is 0 Å². The molecule has 0 radical (unpaired) electrons. The van der Waals surface area contributed by atoms with E-state index in [4.69, 9.17) is 9.05 Å². The second-order valence-electron chi connectivity index (χ2n) is 4.49. The van der Waals surface area contributed by atoms with Gasteiger partial charge in [-0.3, -0.25) is 13.8 Å². The predicted molar refractivity (Wildman–Crippen MR) is 75.1 cm³/mol. The van der Waals surface area contributed by atoms with Crippen molar-refractivity contribution in [3.05, 3.63) is 0 Å². The van der Waals surface area contributed by atoms with E-state index in [1.54, 1.807) is 0 Å². The smallest absolute Gasteiger partial charge is 0.463 e. The highest BCUT2D eigenvalue weighted by atomic mass is 31.2. The summed E-state index contributed by atoms with van der Waals surface area (Å²) >= 11 is 0. The summed E-state index contributed by atoms with van der Waals surface area (Å²) in [4.78, 5) is 20.0. The van der Waals surface area contributed by atoms with E-state index in [9.17, 15) is 14.3 Å². The summed E-state index contributed by atoms with van der Waals surface area (Å²) in [6.07, 6.45) is 0. The number of phosphoric ester groups is 1. The second-order valence-corrected chi connectivity index (χ2v) is 5.94. The van der Waals surface area contributed by atoms with E-state index in [0.29, 0.717) is 6.54 Å². The topological polar surface area (TPSA) is 82.1 Å². The molecule has 0 rings (SSSR count). The number of ether oxygens (including phenoxy) is 1. The van der Waals surface area contributed by atoms with Crippen molar-refractivity contribution >= 4 is 13.8 Å². The molecule has 0 aliphatic heterocycles. The first-order valence-electron chi connectivity index (χ1n) is 6.91. The number of esters is 1. The van der Waals surface area contributed by atoms with Crippen LogP contribution < -0.4 is 0 Å². The molecule has 0 aliphatic rings. The van der Waals surface area contributed by atoms with Crippen LogP contribution in [0.15, 0.2) is 0 Å². The van der Waals surface area contributed by atoms with Gasteiger partial charge in [-0.25, -0.2) is 4.57 Å². The molecule has 0 aromatic heterocycles. The van der Waals surface area contributed by atoms with Crippen LogP contribution in [-0.2, 0) is 23.1 Å². The fourth-order valence-corrected chi connectivity index (χ4v) is 2.56. The van der Waals surface area contributed by atoms with E-state index in [1.165, 1.54) is 6.92 Å². The van der Waals surface area contributed by atoms with Gasteiger partial charge in [-0.05, 0) is 20.8 Å². The molecule has 7 nitrogen and oxygen atoms in total. The molecule has 1 unspecified atom stereocenters. The van der Waals surface area contributed by atoms with Crippen LogP contribution in [0.4, 0.5) is 0 Å². The van der Waals surface area contributed by atoms with Crippen LogP contribution in [0, 0.1) is 0 Å². The number of carbonyl (C=O) groups excluding carboxylic acids is 1. The highest BCUT2D eigenvalue weighted by Gasteiger charge is 2.25. The number of quaternary nitrogens is 1. The van der Waals surface area contributed by atoms with Crippen molar-refractivity contribution in [1.82, 2.24) is 0 Å². The van der Waals surface area contributed by atoms with Gasteiger partial charge in [0.2, 0.25) is 0 Å². The molecular formula is C12H27NO6P+. The predicted octanol–water partition coefficient (Wildman–Crippen LogP) is 1.56. The number of carbonyl (C=O) groups is 1. The van der Waals surface area contributed by atoms with Crippen molar-refractivity contribution in [2.45, 2.75) is 27.7 Å². The Morgan fingerprint density at radius 3 is 2.00 bits per heavy atom. The zero-order valence-corrected chi connectivity index (χ0v) is 13.7. The Morgan fingerprint density at radius 2 is 1.55 bits per heavy atom. The molecule has 1 atom stereocenters. The maximum absolute atomic E-state index is 11.6. The molecule has 0 aromatic carbocycles. The fourth-order valence-electron chi connectivity index (χ4n) is 1.87. The van der Waals surface area contributed by atoms with E-state index in [-0.39, 0.29) is 19.8 Å². The van der Waals surface area contributed by atoms with Gasteiger partial charge in [-0.15, -0.1) is 0 Å². The summed E-state index contributed by atoms with van der Waals surface area (Å²) < 4.78 is 26.6. The molecule has 0 heterocycles. The zero-order valence-electron chi connectivity index (χ0n) is 12.8. The standard InChI is InChI=1S/C12H26NO6P/c1-5-13(6-2,7-3)8-9-18-20(15,16)19-11-10-17-12(4)14/h5-11H2,1-4H3/p+1. The van der Waals surface area contributed by atoms with Crippen LogP contribution in [0.5, 0.6) is 0 Å². The number of likely N-dealkylation sites (N-methyl/N-ethyl adjacent to an activating group) is 1. The van der Waals surface area contributed by atoms with Crippen LogP contribution in [0.1, 0.15) is 27.7 Å². The summed E-state index contributed by atoms with van der Waals surface area (Å²) in [5.74, 6) is -0.460. The number of phosphoric acid groups is 1. The quantitative estimate of drug-likeness (QED) is 0.270. The first kappa shape index (κ1) is 19.5. The van der Waals surface area contributed by atoms with E-state index in [1.807, 2.05) is 0 Å². The maximum atomic E-state index is 11.6. The molecule has 8 heteroatoms. The molecule has 0 spiro atoms. The minimum Gasteiger partial charge on any atom is -0.463 e. The summed E-state index contributed by atoms with van der Waals surface area (Å²) in [6, 6.07) is 0. The van der Waals surface area contributed by atoms with Crippen LogP contribution in [0.3, 0.4) is 0 Å². The molecule has 1 N–H and O–H groups in total. The highest BCUT2D eigenvalue weighted by molar-refractivity contribution is 7.47. The molecule has 0 fully saturated rings. The first-order valence-corrected chi connectivity index (χ1v) is 8.40. The highest BCUT2D eigenvalue weighted by Crippen LogP contribution is 2.42. The van der Waals surface area contributed by atoms with Gasteiger partial charge < -0.3 is 14.1 Å². The molecular weight excluding hydrogens is 285 g/mol. The van der Waals surface area contributed by atoms with Gasteiger partial charge in [0.05, 0.1) is 26.2 Å². The van der Waals surface area contributed by atoms with Gasteiger partial charge in [0.1, 0.15) is 19.8 Å². The number of hydrogen-bond donors (Lipinski definition) is 1. The number of nitrogens with zero attached hydrogens (tertiary/aromatic N) is 1. The monoisotopic (exact) mass is 312 g/mol. The van der Waals surface area contributed by atoms with Crippen LogP contribution in [0.25, 0.3) is 0 Å². The van der Waals surface area contributed by atoms with Gasteiger partial charge >= 0.3 is 13.8 Å². The lowest BCUT2D eigenvalue weighted by Gasteiger charge is -2.35. The van der Waals surface area contributed by atoms with E-state index in [2.05, 4.69) is 25.5 Å². The third-order valence-corrected chi connectivity index (χ3v) is 4.49. The first-order chi connectivity index (χ1) is 9.31. The molecule has 20 heavy (non-hydrogen) atoms. The second kappa shape index (κ2) is 9.47. The minimum atomic E-state index is -4.07. The Hall–Kier alpha value is -0.460. The summed E-state index contributed by atoms with van der Waals surface area (Å²) in [7, 11) is -4.07. The number of hydrogen-bond acceptors (Lipinski definition) is 5. The van der Waals surface area contributed by atoms with Gasteiger partial charge in [0, 0.05) is 6.92 Å². The molecule has 0 aliphatic carbocycles. The van der Waals surface area contributed by atoms with Crippen LogP contribution in [0.2, 0.25) is 0 Å². The van der Waals surface area contributed by atoms with Gasteiger partial charge in [0.15, 0.2) is 0 Å². The normalized spacial score (nSPS) is 14.8. The molecule has 0 saturated carbocycles. The third-order valence-electron chi connectivity index (χ3n) is 3.48. The van der Waals surface area contributed by atoms with E-state index in [0.717, 1.165) is 24.1 Å². The van der Waals surface area contributed by atoms with Gasteiger partial charge in [-0.2, -0.15) is 0 Å². The third kappa shape index (κ3) is 7.97. The molecule has 0 amide bonds. The van der Waals surface area contributed by atoms with E-state index < -0.39 is 13.8 Å². The molecule has 120 valence electrons. The van der Waals surface area contributed by atoms with E-state index >= 15 is 0 Å². The largest absolute Gasteiger partial charge is 0.472 e. The Labute approximate surface area is 121 Å². The van der Waals surface area contributed by atoms with Crippen molar-refractivity contribution in [2.24, 2.45) is 0 Å². The van der Waals surface area contributed by atoms with Crippen molar-refractivity contribution < 1.29 is 32.5 Å². The molecule has 0 saturated heterocycles. The van der Waals surface area contributed by atoms with Crippen molar-refractivity contribution in [2.75, 3.05) is 46.0 Å². The average Bonchev–Trinajstić information content (AvgIpc) is 2.40. The Morgan fingerprint density at radius 1 is 1.05 bits per heavy atom. The lowest BCUT2D eigenvalue weighted by Crippen LogP contribution is -2.49. The van der Waals surface area contributed by atoms with Crippen molar-refractivity contribution in [1.29, 1.82) is 0 Å². The summed E-state index contributed by atoms with van der Waals surface area (Å²) in [5, 5.41) is 0. The summed E-state index contributed by atoms with van der Waals surface area (Å²) in [6.45, 7) is 10.9. The van der Waals surface area contributed by atoms with Crippen molar-refractivity contribution in [3.63, 3.8) is 0 Å². The molecule has 0 aromatic rings. The zero-order chi connectivity index (χ0) is 15.6. The van der Waals surface area contributed by atoms with Gasteiger partial charge in [-0.1, -0.05) is 0 Å². The van der Waals surface area contributed by atoms with Crippen LogP contribution >= 0.6 is 7.82 Å².